The van der Waals surface area contributed by atoms with E-state index in [-0.39, 0.29) is 23.8 Å². The fraction of sp³-hybridized carbons (Fsp3) is 0.412. The number of nitrogen functional groups attached to an aromatic ring is 2. The van der Waals surface area contributed by atoms with Gasteiger partial charge in [0.2, 0.25) is 5.95 Å². The maximum atomic E-state index is 5.97. The van der Waals surface area contributed by atoms with Crippen LogP contribution in [0.2, 0.25) is 0 Å². The standard InChI is InChI=1S/C17H24N4O3/c1-9(2)11-6-13(23-5)12(10(3)22-4)7-14(11)24-15-8-20-17(19)21-16(15)18/h6-10H,1-5H3,(H4,18,19,20,21). The molecule has 1 aromatic heterocycles. The molecule has 1 aromatic carbocycles. The maximum absolute atomic E-state index is 5.97. The molecule has 1 atom stereocenters. The second-order valence-corrected chi connectivity index (χ2v) is 5.74. The van der Waals surface area contributed by atoms with Gasteiger partial charge in [0.25, 0.3) is 0 Å². The predicted octanol–water partition coefficient (Wildman–Crippen LogP) is 3.27. The van der Waals surface area contributed by atoms with E-state index in [0.717, 1.165) is 16.9 Å². The van der Waals surface area contributed by atoms with Crippen LogP contribution in [-0.2, 0) is 4.74 Å². The van der Waals surface area contributed by atoms with E-state index in [9.17, 15) is 0 Å². The molecule has 7 nitrogen and oxygen atoms in total. The highest BCUT2D eigenvalue weighted by atomic mass is 16.5. The van der Waals surface area contributed by atoms with E-state index in [1.165, 1.54) is 6.20 Å². The Balaban J connectivity index is 2.53. The molecule has 7 heteroatoms. The summed E-state index contributed by atoms with van der Waals surface area (Å²) in [5.41, 5.74) is 13.3. The third-order valence-corrected chi connectivity index (χ3v) is 3.80. The van der Waals surface area contributed by atoms with Crippen LogP contribution in [0.4, 0.5) is 11.8 Å². The lowest BCUT2D eigenvalue weighted by atomic mass is 9.97. The van der Waals surface area contributed by atoms with Crippen LogP contribution in [0.25, 0.3) is 0 Å². The molecule has 0 saturated heterocycles. The number of anilines is 2. The molecule has 0 amide bonds. The van der Waals surface area contributed by atoms with Crippen LogP contribution < -0.4 is 20.9 Å². The highest BCUT2D eigenvalue weighted by Gasteiger charge is 2.19. The van der Waals surface area contributed by atoms with Gasteiger partial charge in [-0.2, -0.15) is 4.98 Å². The van der Waals surface area contributed by atoms with Gasteiger partial charge in [0.05, 0.1) is 19.4 Å². The zero-order chi connectivity index (χ0) is 17.9. The van der Waals surface area contributed by atoms with Crippen molar-refractivity contribution in [2.45, 2.75) is 32.8 Å². The molecular weight excluding hydrogens is 308 g/mol. The molecule has 24 heavy (non-hydrogen) atoms. The minimum atomic E-state index is -0.150. The summed E-state index contributed by atoms with van der Waals surface area (Å²) in [7, 11) is 3.28. The van der Waals surface area contributed by atoms with E-state index < -0.39 is 0 Å². The Kier molecular flexibility index (Phi) is 5.46. The number of hydrogen-bond acceptors (Lipinski definition) is 7. The van der Waals surface area contributed by atoms with Crippen molar-refractivity contribution in [3.05, 3.63) is 29.5 Å². The summed E-state index contributed by atoms with van der Waals surface area (Å²) < 4.78 is 16.9. The lowest BCUT2D eigenvalue weighted by Gasteiger charge is -2.20. The average Bonchev–Trinajstić information content (AvgIpc) is 2.55. The molecule has 1 heterocycles. The number of ether oxygens (including phenoxy) is 3. The highest BCUT2D eigenvalue weighted by molar-refractivity contribution is 5.53. The first-order chi connectivity index (χ1) is 11.4. The molecule has 0 aliphatic heterocycles. The molecule has 0 aliphatic rings. The molecule has 0 radical (unpaired) electrons. The lowest BCUT2D eigenvalue weighted by Crippen LogP contribution is -2.05. The summed E-state index contributed by atoms with van der Waals surface area (Å²) in [6.45, 7) is 6.09. The van der Waals surface area contributed by atoms with Gasteiger partial charge in [-0.05, 0) is 25.0 Å². The van der Waals surface area contributed by atoms with Crippen LogP contribution in [0.5, 0.6) is 17.2 Å². The van der Waals surface area contributed by atoms with Gasteiger partial charge in [-0.1, -0.05) is 13.8 Å². The minimum absolute atomic E-state index is 0.104. The van der Waals surface area contributed by atoms with Gasteiger partial charge in [-0.15, -0.1) is 0 Å². The van der Waals surface area contributed by atoms with Crippen LogP contribution in [-0.4, -0.2) is 24.2 Å². The molecule has 0 bridgehead atoms. The normalized spacial score (nSPS) is 12.2. The fourth-order valence-corrected chi connectivity index (χ4v) is 2.35. The SMILES string of the molecule is COc1cc(C(C)C)c(Oc2cnc(N)nc2N)cc1C(C)OC. The second kappa shape index (κ2) is 7.35. The van der Waals surface area contributed by atoms with Gasteiger partial charge in [0.15, 0.2) is 11.6 Å². The van der Waals surface area contributed by atoms with Crippen LogP contribution in [0.15, 0.2) is 18.3 Å². The van der Waals surface area contributed by atoms with E-state index in [4.69, 9.17) is 25.7 Å². The number of aromatic nitrogens is 2. The molecule has 2 rings (SSSR count). The van der Waals surface area contributed by atoms with Gasteiger partial charge in [-0.25, -0.2) is 4.98 Å². The van der Waals surface area contributed by atoms with E-state index in [2.05, 4.69) is 23.8 Å². The van der Waals surface area contributed by atoms with Gasteiger partial charge in [0, 0.05) is 18.2 Å². The summed E-state index contributed by atoms with van der Waals surface area (Å²) in [6, 6.07) is 3.86. The van der Waals surface area contributed by atoms with Crippen molar-refractivity contribution in [2.24, 2.45) is 0 Å². The van der Waals surface area contributed by atoms with E-state index >= 15 is 0 Å². The minimum Gasteiger partial charge on any atom is -0.496 e. The Labute approximate surface area is 142 Å². The molecule has 0 spiro atoms. The van der Waals surface area contributed by atoms with Crippen molar-refractivity contribution in [3.8, 4) is 17.2 Å². The Bertz CT molecular complexity index is 719. The molecular formula is C17H24N4O3. The first-order valence-electron chi connectivity index (χ1n) is 7.67. The zero-order valence-electron chi connectivity index (χ0n) is 14.7. The predicted molar refractivity (Wildman–Crippen MR) is 93.4 cm³/mol. The number of methoxy groups -OCH3 is 2. The summed E-state index contributed by atoms with van der Waals surface area (Å²) in [6.07, 6.45) is 1.31. The van der Waals surface area contributed by atoms with Gasteiger partial charge < -0.3 is 25.7 Å². The largest absolute Gasteiger partial charge is 0.496 e. The summed E-state index contributed by atoms with van der Waals surface area (Å²) in [4.78, 5) is 7.85. The van der Waals surface area contributed by atoms with Crippen LogP contribution >= 0.6 is 0 Å². The maximum Gasteiger partial charge on any atom is 0.222 e. The Hall–Kier alpha value is -2.54. The summed E-state index contributed by atoms with van der Waals surface area (Å²) >= 11 is 0. The highest BCUT2D eigenvalue weighted by Crippen LogP contribution is 2.39. The number of rotatable bonds is 6. The van der Waals surface area contributed by atoms with Gasteiger partial charge >= 0.3 is 0 Å². The molecule has 130 valence electrons. The third kappa shape index (κ3) is 3.68. The first-order valence-corrected chi connectivity index (χ1v) is 7.67. The van der Waals surface area contributed by atoms with E-state index in [1.807, 2.05) is 19.1 Å². The lowest BCUT2D eigenvalue weighted by molar-refractivity contribution is 0.116. The van der Waals surface area contributed by atoms with Crippen molar-refractivity contribution in [1.82, 2.24) is 9.97 Å². The Morgan fingerprint density at radius 2 is 1.62 bits per heavy atom. The molecule has 0 saturated carbocycles. The number of nitrogens with two attached hydrogens (primary N) is 2. The Morgan fingerprint density at radius 3 is 2.17 bits per heavy atom. The summed E-state index contributed by atoms with van der Waals surface area (Å²) in [5.74, 6) is 2.28. The number of benzene rings is 1. The summed E-state index contributed by atoms with van der Waals surface area (Å²) in [5, 5.41) is 0. The quantitative estimate of drug-likeness (QED) is 0.836. The van der Waals surface area contributed by atoms with Crippen molar-refractivity contribution in [2.75, 3.05) is 25.7 Å². The van der Waals surface area contributed by atoms with Crippen molar-refractivity contribution < 1.29 is 14.2 Å². The van der Waals surface area contributed by atoms with Crippen molar-refractivity contribution in [1.29, 1.82) is 0 Å². The van der Waals surface area contributed by atoms with Crippen molar-refractivity contribution >= 4 is 11.8 Å². The topological polar surface area (TPSA) is 106 Å². The van der Waals surface area contributed by atoms with Crippen LogP contribution in [0, 0.1) is 0 Å². The molecule has 0 fully saturated rings. The van der Waals surface area contributed by atoms with E-state index in [0.29, 0.717) is 11.5 Å². The van der Waals surface area contributed by atoms with Gasteiger partial charge in [0.1, 0.15) is 11.5 Å². The molecule has 4 N–H and O–H groups in total. The van der Waals surface area contributed by atoms with Crippen LogP contribution in [0.3, 0.4) is 0 Å². The second-order valence-electron chi connectivity index (χ2n) is 5.74. The van der Waals surface area contributed by atoms with Crippen LogP contribution in [0.1, 0.15) is 43.9 Å². The average molecular weight is 332 g/mol. The smallest absolute Gasteiger partial charge is 0.222 e. The molecule has 2 aromatic rings. The monoisotopic (exact) mass is 332 g/mol. The first kappa shape index (κ1) is 17.8. The van der Waals surface area contributed by atoms with Gasteiger partial charge in [-0.3, -0.25) is 0 Å². The fourth-order valence-electron chi connectivity index (χ4n) is 2.35. The zero-order valence-corrected chi connectivity index (χ0v) is 14.7. The molecule has 0 aliphatic carbocycles. The molecule has 1 unspecified atom stereocenters. The van der Waals surface area contributed by atoms with E-state index in [1.54, 1.807) is 14.2 Å². The number of hydrogen-bond donors (Lipinski definition) is 2. The number of nitrogens with zero attached hydrogens (tertiary/aromatic N) is 2. The van der Waals surface area contributed by atoms with Crippen molar-refractivity contribution in [3.63, 3.8) is 0 Å². The Morgan fingerprint density at radius 1 is 0.958 bits per heavy atom. The third-order valence-electron chi connectivity index (χ3n) is 3.80.